The van der Waals surface area contributed by atoms with E-state index in [-0.39, 0.29) is 0 Å². The van der Waals surface area contributed by atoms with E-state index in [1.54, 1.807) is 0 Å². The molecule has 1 aliphatic carbocycles. The zero-order chi connectivity index (χ0) is 11.5. The number of aromatic nitrogens is 3. The molecule has 0 aromatic carbocycles. The summed E-state index contributed by atoms with van der Waals surface area (Å²) in [6.45, 7) is 2.02. The van der Waals surface area contributed by atoms with Gasteiger partial charge in [-0.05, 0) is 25.7 Å². The van der Waals surface area contributed by atoms with Gasteiger partial charge in [-0.25, -0.2) is 0 Å². The Kier molecular flexibility index (Phi) is 3.41. The molecule has 4 heteroatoms. The first-order chi connectivity index (χ1) is 8.43. The van der Waals surface area contributed by atoms with Gasteiger partial charge in [-0.2, -0.15) is 0 Å². The van der Waals surface area contributed by atoms with Gasteiger partial charge in [-0.1, -0.05) is 19.3 Å². The molecule has 1 aromatic rings. The summed E-state index contributed by atoms with van der Waals surface area (Å²) in [5.74, 6) is 2.35. The highest BCUT2D eigenvalue weighted by Gasteiger charge is 2.17. The third-order valence-corrected chi connectivity index (χ3v) is 4.09. The summed E-state index contributed by atoms with van der Waals surface area (Å²) in [6, 6.07) is 0.716. The summed E-state index contributed by atoms with van der Waals surface area (Å²) in [7, 11) is 0. The van der Waals surface area contributed by atoms with Crippen LogP contribution in [-0.2, 0) is 19.5 Å². The van der Waals surface area contributed by atoms with Crippen molar-refractivity contribution in [3.05, 3.63) is 11.6 Å². The number of fused-ring (bicyclic) bond motifs is 1. The Balaban J connectivity index is 1.64. The van der Waals surface area contributed by atoms with Gasteiger partial charge >= 0.3 is 0 Å². The van der Waals surface area contributed by atoms with Crippen LogP contribution in [0.4, 0.5) is 0 Å². The second-order valence-electron chi connectivity index (χ2n) is 5.36. The lowest BCUT2D eigenvalue weighted by Gasteiger charge is -2.12. The number of nitrogens with zero attached hydrogens (tertiary/aromatic N) is 3. The van der Waals surface area contributed by atoms with Crippen molar-refractivity contribution in [2.24, 2.45) is 0 Å². The predicted molar refractivity (Wildman–Crippen MR) is 66.7 cm³/mol. The Morgan fingerprint density at radius 1 is 1.06 bits per heavy atom. The van der Waals surface area contributed by atoms with Crippen LogP contribution in [0.15, 0.2) is 0 Å². The van der Waals surface area contributed by atoms with Crippen LogP contribution in [0.25, 0.3) is 0 Å². The van der Waals surface area contributed by atoms with Crippen molar-refractivity contribution in [3.8, 4) is 0 Å². The first-order valence-corrected chi connectivity index (χ1v) is 7.08. The Labute approximate surface area is 103 Å². The first kappa shape index (κ1) is 11.2. The topological polar surface area (TPSA) is 42.7 Å². The SMILES string of the molecule is C1CCc2nnc(CNC3CCCC3)n2CC1. The maximum atomic E-state index is 4.35. The van der Waals surface area contributed by atoms with E-state index in [0.29, 0.717) is 6.04 Å². The quantitative estimate of drug-likeness (QED) is 0.870. The van der Waals surface area contributed by atoms with Gasteiger partial charge in [0.1, 0.15) is 11.6 Å². The van der Waals surface area contributed by atoms with Crippen molar-refractivity contribution in [1.29, 1.82) is 0 Å². The summed E-state index contributed by atoms with van der Waals surface area (Å²) in [4.78, 5) is 0. The van der Waals surface area contributed by atoms with Crippen LogP contribution in [0, 0.1) is 0 Å². The molecule has 1 saturated carbocycles. The number of rotatable bonds is 3. The molecule has 0 amide bonds. The van der Waals surface area contributed by atoms with E-state index in [0.717, 1.165) is 25.3 Å². The lowest BCUT2D eigenvalue weighted by Crippen LogP contribution is -2.27. The fourth-order valence-electron chi connectivity index (χ4n) is 3.04. The molecule has 0 bridgehead atoms. The Hall–Kier alpha value is -0.900. The summed E-state index contributed by atoms with van der Waals surface area (Å²) in [5, 5.41) is 12.3. The van der Waals surface area contributed by atoms with E-state index < -0.39 is 0 Å². The van der Waals surface area contributed by atoms with Crippen LogP contribution in [0.1, 0.15) is 56.6 Å². The number of hydrogen-bond acceptors (Lipinski definition) is 3. The maximum absolute atomic E-state index is 4.35. The third-order valence-electron chi connectivity index (χ3n) is 4.09. The van der Waals surface area contributed by atoms with Crippen LogP contribution < -0.4 is 5.32 Å². The van der Waals surface area contributed by atoms with Gasteiger partial charge in [0.15, 0.2) is 0 Å². The first-order valence-electron chi connectivity index (χ1n) is 7.08. The van der Waals surface area contributed by atoms with Crippen molar-refractivity contribution >= 4 is 0 Å². The van der Waals surface area contributed by atoms with Crippen molar-refractivity contribution in [2.45, 2.75) is 70.5 Å². The minimum atomic E-state index is 0.716. The fourth-order valence-corrected chi connectivity index (χ4v) is 3.04. The molecule has 1 N–H and O–H groups in total. The average Bonchev–Trinajstić information content (AvgIpc) is 2.92. The summed E-state index contributed by atoms with van der Waals surface area (Å²) < 4.78 is 2.34. The van der Waals surface area contributed by atoms with Gasteiger partial charge in [0.2, 0.25) is 0 Å². The molecule has 3 rings (SSSR count). The maximum Gasteiger partial charge on any atom is 0.147 e. The molecule has 94 valence electrons. The molecule has 0 atom stereocenters. The zero-order valence-corrected chi connectivity index (χ0v) is 10.5. The summed E-state index contributed by atoms with van der Waals surface area (Å²) >= 11 is 0. The molecule has 2 heterocycles. The van der Waals surface area contributed by atoms with Crippen molar-refractivity contribution in [3.63, 3.8) is 0 Å². The lowest BCUT2D eigenvalue weighted by molar-refractivity contribution is 0.495. The second-order valence-corrected chi connectivity index (χ2v) is 5.36. The van der Waals surface area contributed by atoms with E-state index in [1.165, 1.54) is 50.8 Å². The largest absolute Gasteiger partial charge is 0.314 e. The molecule has 17 heavy (non-hydrogen) atoms. The van der Waals surface area contributed by atoms with Gasteiger partial charge in [0.05, 0.1) is 6.54 Å². The number of nitrogens with one attached hydrogen (secondary N) is 1. The van der Waals surface area contributed by atoms with Crippen molar-refractivity contribution < 1.29 is 0 Å². The van der Waals surface area contributed by atoms with Crippen LogP contribution in [-0.4, -0.2) is 20.8 Å². The van der Waals surface area contributed by atoms with E-state index in [1.807, 2.05) is 0 Å². The number of aryl methyl sites for hydroxylation is 1. The highest BCUT2D eigenvalue weighted by Crippen LogP contribution is 2.19. The molecule has 2 aliphatic rings. The van der Waals surface area contributed by atoms with Crippen LogP contribution in [0.3, 0.4) is 0 Å². The predicted octanol–water partition coefficient (Wildman–Crippen LogP) is 2.04. The minimum absolute atomic E-state index is 0.716. The molecule has 1 aromatic heterocycles. The molecule has 0 unspecified atom stereocenters. The van der Waals surface area contributed by atoms with E-state index >= 15 is 0 Å². The minimum Gasteiger partial charge on any atom is -0.314 e. The monoisotopic (exact) mass is 234 g/mol. The lowest BCUT2D eigenvalue weighted by atomic mass is 10.2. The van der Waals surface area contributed by atoms with Gasteiger partial charge in [-0.15, -0.1) is 10.2 Å². The number of hydrogen-bond donors (Lipinski definition) is 1. The van der Waals surface area contributed by atoms with Gasteiger partial charge in [0, 0.05) is 19.0 Å². The zero-order valence-electron chi connectivity index (χ0n) is 10.5. The second kappa shape index (κ2) is 5.17. The molecular formula is C13H22N4. The van der Waals surface area contributed by atoms with E-state index in [2.05, 4.69) is 20.1 Å². The van der Waals surface area contributed by atoms with Gasteiger partial charge in [-0.3, -0.25) is 0 Å². The summed E-state index contributed by atoms with van der Waals surface area (Å²) in [5.41, 5.74) is 0. The smallest absolute Gasteiger partial charge is 0.147 e. The van der Waals surface area contributed by atoms with Crippen LogP contribution >= 0.6 is 0 Å². The van der Waals surface area contributed by atoms with Gasteiger partial charge < -0.3 is 9.88 Å². The van der Waals surface area contributed by atoms with Gasteiger partial charge in [0.25, 0.3) is 0 Å². The fraction of sp³-hybridized carbons (Fsp3) is 0.846. The Bertz CT molecular complexity index is 365. The third kappa shape index (κ3) is 2.51. The standard InChI is InChI=1S/C13H22N4/c1-2-8-12-15-16-13(17(12)9-5-1)10-14-11-6-3-4-7-11/h11,14H,1-10H2. The van der Waals surface area contributed by atoms with E-state index in [4.69, 9.17) is 0 Å². The van der Waals surface area contributed by atoms with E-state index in [9.17, 15) is 0 Å². The van der Waals surface area contributed by atoms with Crippen LogP contribution in [0.5, 0.6) is 0 Å². The Morgan fingerprint density at radius 2 is 1.94 bits per heavy atom. The van der Waals surface area contributed by atoms with Crippen LogP contribution in [0.2, 0.25) is 0 Å². The molecular weight excluding hydrogens is 212 g/mol. The average molecular weight is 234 g/mol. The highest BCUT2D eigenvalue weighted by molar-refractivity contribution is 4.98. The molecule has 1 aliphatic heterocycles. The molecule has 0 spiro atoms. The Morgan fingerprint density at radius 3 is 2.82 bits per heavy atom. The molecule has 1 fully saturated rings. The van der Waals surface area contributed by atoms with Crippen molar-refractivity contribution in [1.82, 2.24) is 20.1 Å². The molecule has 0 saturated heterocycles. The molecule has 4 nitrogen and oxygen atoms in total. The molecule has 0 radical (unpaired) electrons. The highest BCUT2D eigenvalue weighted by atomic mass is 15.3. The van der Waals surface area contributed by atoms with Crippen molar-refractivity contribution in [2.75, 3.05) is 0 Å². The summed E-state index contributed by atoms with van der Waals surface area (Å²) in [6.07, 6.45) is 10.4. The normalized spacial score (nSPS) is 21.4.